The number of amides is 1. The van der Waals surface area contributed by atoms with Gasteiger partial charge >= 0.3 is 0 Å². The van der Waals surface area contributed by atoms with E-state index >= 15 is 0 Å². The molecule has 0 atom stereocenters. The smallest absolute Gasteiger partial charge is 0.244 e. The molecule has 4 nitrogen and oxygen atoms in total. The zero-order valence-electron chi connectivity index (χ0n) is 9.43. The van der Waals surface area contributed by atoms with Gasteiger partial charge in [0.2, 0.25) is 5.91 Å². The number of aryl methyl sites for hydroxylation is 1. The molecular weight excluding hydrogens is 234 g/mol. The first-order valence-electron chi connectivity index (χ1n) is 5.24. The summed E-state index contributed by atoms with van der Waals surface area (Å²) in [4.78, 5) is 13.8. The zero-order chi connectivity index (χ0) is 12.1. The van der Waals surface area contributed by atoms with E-state index in [1.54, 1.807) is 23.6 Å². The van der Waals surface area contributed by atoms with Crippen LogP contribution in [0.15, 0.2) is 30.5 Å². The highest BCUT2D eigenvalue weighted by Crippen LogP contribution is 2.16. The molecule has 0 bridgehead atoms. The summed E-state index contributed by atoms with van der Waals surface area (Å²) in [5.74, 6) is -0.106. The summed E-state index contributed by atoms with van der Waals surface area (Å²) in [5.41, 5.74) is 0.888. The van der Waals surface area contributed by atoms with Gasteiger partial charge in [-0.1, -0.05) is 0 Å². The highest BCUT2D eigenvalue weighted by molar-refractivity contribution is 7.12. The van der Waals surface area contributed by atoms with Crippen molar-refractivity contribution in [2.24, 2.45) is 0 Å². The summed E-state index contributed by atoms with van der Waals surface area (Å²) in [5, 5.41) is 9.36. The minimum atomic E-state index is -0.106. The van der Waals surface area contributed by atoms with Crippen LogP contribution in [-0.2, 0) is 11.3 Å². The van der Waals surface area contributed by atoms with Gasteiger partial charge in [0.1, 0.15) is 0 Å². The van der Waals surface area contributed by atoms with Crippen LogP contribution < -0.4 is 5.32 Å². The molecule has 0 saturated carbocycles. The van der Waals surface area contributed by atoms with E-state index in [-0.39, 0.29) is 5.91 Å². The van der Waals surface area contributed by atoms with Crippen molar-refractivity contribution in [3.8, 4) is 0 Å². The van der Waals surface area contributed by atoms with Crippen LogP contribution >= 0.6 is 11.3 Å². The molecule has 2 aromatic rings. The summed E-state index contributed by atoms with van der Waals surface area (Å²) in [7, 11) is 0. The van der Waals surface area contributed by atoms with E-state index in [0.717, 1.165) is 10.6 Å². The quantitative estimate of drug-likeness (QED) is 0.813. The van der Waals surface area contributed by atoms with Crippen molar-refractivity contribution in [2.75, 3.05) is 0 Å². The largest absolute Gasteiger partial charge is 0.347 e. The fraction of sp³-hybridized carbons (Fsp3) is 0.167. The predicted molar refractivity (Wildman–Crippen MR) is 68.5 cm³/mol. The van der Waals surface area contributed by atoms with Gasteiger partial charge in [-0.3, -0.25) is 9.89 Å². The van der Waals surface area contributed by atoms with Crippen molar-refractivity contribution in [1.29, 1.82) is 0 Å². The number of aromatic amines is 1. The van der Waals surface area contributed by atoms with Gasteiger partial charge in [-0.15, -0.1) is 11.3 Å². The van der Waals surface area contributed by atoms with Crippen LogP contribution in [0, 0.1) is 6.92 Å². The molecule has 0 aliphatic heterocycles. The molecule has 0 fully saturated rings. The van der Waals surface area contributed by atoms with Gasteiger partial charge < -0.3 is 5.32 Å². The first kappa shape index (κ1) is 11.6. The Morgan fingerprint density at radius 2 is 2.41 bits per heavy atom. The second-order valence-corrected chi connectivity index (χ2v) is 4.90. The monoisotopic (exact) mass is 247 g/mol. The highest BCUT2D eigenvalue weighted by Gasteiger charge is 1.98. The number of nitrogens with zero attached hydrogens (tertiary/aromatic N) is 1. The van der Waals surface area contributed by atoms with Gasteiger partial charge in [-0.05, 0) is 31.2 Å². The summed E-state index contributed by atoms with van der Waals surface area (Å²) >= 11 is 1.66. The summed E-state index contributed by atoms with van der Waals surface area (Å²) in [6, 6.07) is 5.86. The van der Waals surface area contributed by atoms with Crippen molar-refractivity contribution in [3.63, 3.8) is 0 Å². The lowest BCUT2D eigenvalue weighted by Gasteiger charge is -1.98. The molecule has 0 radical (unpaired) electrons. The molecule has 2 rings (SSSR count). The van der Waals surface area contributed by atoms with Crippen molar-refractivity contribution in [1.82, 2.24) is 15.5 Å². The topological polar surface area (TPSA) is 57.8 Å². The lowest BCUT2D eigenvalue weighted by atomic mass is 10.3. The van der Waals surface area contributed by atoms with E-state index in [1.165, 1.54) is 4.88 Å². The van der Waals surface area contributed by atoms with E-state index in [0.29, 0.717) is 6.54 Å². The van der Waals surface area contributed by atoms with E-state index in [1.807, 2.05) is 31.2 Å². The molecular formula is C12H13N3OS. The number of H-pyrrole nitrogens is 1. The summed E-state index contributed by atoms with van der Waals surface area (Å²) < 4.78 is 0. The van der Waals surface area contributed by atoms with Crippen LogP contribution in [0.2, 0.25) is 0 Å². The summed E-state index contributed by atoms with van der Waals surface area (Å²) in [6.45, 7) is 2.51. The molecule has 2 aromatic heterocycles. The Bertz CT molecular complexity index is 514. The number of nitrogens with one attached hydrogen (secondary N) is 2. The van der Waals surface area contributed by atoms with E-state index in [9.17, 15) is 4.79 Å². The molecule has 17 heavy (non-hydrogen) atoms. The second kappa shape index (κ2) is 5.45. The second-order valence-electron chi connectivity index (χ2n) is 3.58. The Hall–Kier alpha value is -1.88. The minimum absolute atomic E-state index is 0.106. The molecule has 5 heteroatoms. The highest BCUT2D eigenvalue weighted by atomic mass is 32.1. The van der Waals surface area contributed by atoms with Crippen LogP contribution in [0.3, 0.4) is 0 Å². The Morgan fingerprint density at radius 3 is 3.06 bits per heavy atom. The number of carbonyl (C=O) groups is 1. The van der Waals surface area contributed by atoms with Gasteiger partial charge in [0, 0.05) is 22.0 Å². The van der Waals surface area contributed by atoms with E-state index < -0.39 is 0 Å². The fourth-order valence-electron chi connectivity index (χ4n) is 1.33. The van der Waals surface area contributed by atoms with Crippen LogP contribution in [0.5, 0.6) is 0 Å². The number of thiophene rings is 1. The maximum Gasteiger partial charge on any atom is 0.244 e. The molecule has 1 amide bonds. The number of hydrogen-bond acceptors (Lipinski definition) is 3. The molecule has 0 aliphatic rings. The molecule has 0 unspecified atom stereocenters. The molecule has 0 aliphatic carbocycles. The first-order chi connectivity index (χ1) is 8.24. The number of aromatic nitrogens is 2. The molecule has 0 saturated heterocycles. The Balaban J connectivity index is 1.83. The molecule has 0 spiro atoms. The molecule has 2 heterocycles. The van der Waals surface area contributed by atoms with Crippen LogP contribution in [-0.4, -0.2) is 16.1 Å². The maximum absolute atomic E-state index is 11.5. The van der Waals surface area contributed by atoms with E-state index in [2.05, 4.69) is 15.5 Å². The average Bonchev–Trinajstić information content (AvgIpc) is 2.95. The van der Waals surface area contributed by atoms with Gasteiger partial charge in [0.05, 0.1) is 12.2 Å². The third kappa shape index (κ3) is 3.57. The lowest BCUT2D eigenvalue weighted by Crippen LogP contribution is -2.20. The molecule has 2 N–H and O–H groups in total. The minimum Gasteiger partial charge on any atom is -0.347 e. The SMILES string of the molecule is Cc1ccc(C=CC(=O)NCc2ccn[nH]2)s1. The van der Waals surface area contributed by atoms with Crippen LogP contribution in [0.1, 0.15) is 15.4 Å². The van der Waals surface area contributed by atoms with Crippen molar-refractivity contribution in [3.05, 3.63) is 45.9 Å². The van der Waals surface area contributed by atoms with Gasteiger partial charge in [0.15, 0.2) is 0 Å². The predicted octanol–water partition coefficient (Wildman–Crippen LogP) is 2.11. The standard InChI is InChI=1S/C12H13N3OS/c1-9-2-3-11(17-9)4-5-12(16)13-8-10-6-7-14-15-10/h2-7H,8H2,1H3,(H,13,16)(H,14,15). The van der Waals surface area contributed by atoms with Gasteiger partial charge in [-0.2, -0.15) is 5.10 Å². The Labute approximate surface area is 103 Å². The van der Waals surface area contributed by atoms with Gasteiger partial charge in [-0.25, -0.2) is 0 Å². The third-order valence-corrected chi connectivity index (χ3v) is 3.14. The number of hydrogen-bond donors (Lipinski definition) is 2. The average molecular weight is 247 g/mol. The molecule has 0 aromatic carbocycles. The Morgan fingerprint density at radius 1 is 1.53 bits per heavy atom. The van der Waals surface area contributed by atoms with E-state index in [4.69, 9.17) is 0 Å². The molecule has 88 valence electrons. The Kier molecular flexibility index (Phi) is 3.72. The third-order valence-electron chi connectivity index (χ3n) is 2.17. The van der Waals surface area contributed by atoms with Gasteiger partial charge in [0.25, 0.3) is 0 Å². The first-order valence-corrected chi connectivity index (χ1v) is 6.06. The zero-order valence-corrected chi connectivity index (χ0v) is 10.3. The lowest BCUT2D eigenvalue weighted by molar-refractivity contribution is -0.116. The normalized spacial score (nSPS) is 10.9. The van der Waals surface area contributed by atoms with Crippen LogP contribution in [0.4, 0.5) is 0 Å². The van der Waals surface area contributed by atoms with Crippen LogP contribution in [0.25, 0.3) is 6.08 Å². The maximum atomic E-state index is 11.5. The number of rotatable bonds is 4. The summed E-state index contributed by atoms with van der Waals surface area (Å²) in [6.07, 6.45) is 5.02. The van der Waals surface area contributed by atoms with Crippen molar-refractivity contribution >= 4 is 23.3 Å². The van der Waals surface area contributed by atoms with Crippen molar-refractivity contribution < 1.29 is 4.79 Å². The fourth-order valence-corrected chi connectivity index (χ4v) is 2.11. The van der Waals surface area contributed by atoms with Crippen molar-refractivity contribution in [2.45, 2.75) is 13.5 Å². The number of carbonyl (C=O) groups excluding carboxylic acids is 1.